The number of hydrogen-bond donors (Lipinski definition) is 1. The molecule has 0 spiro atoms. The van der Waals surface area contributed by atoms with Crippen LogP contribution in [0.15, 0.2) is 24.3 Å². The first-order chi connectivity index (χ1) is 11.6. The number of hydrogen-bond acceptors (Lipinski definition) is 5. The fourth-order valence-electron chi connectivity index (χ4n) is 2.72. The maximum absolute atomic E-state index is 12.3. The lowest BCUT2D eigenvalue weighted by atomic mass is 10.2. The molecule has 24 heavy (non-hydrogen) atoms. The lowest BCUT2D eigenvalue weighted by molar-refractivity contribution is -0.141. The highest BCUT2D eigenvalue weighted by Crippen LogP contribution is 2.16. The van der Waals surface area contributed by atoms with Crippen molar-refractivity contribution in [2.24, 2.45) is 0 Å². The van der Waals surface area contributed by atoms with Crippen molar-refractivity contribution in [3.8, 4) is 5.75 Å². The highest BCUT2D eigenvalue weighted by Gasteiger charge is 2.30. The molecule has 6 nitrogen and oxygen atoms in total. The molecule has 1 N–H and O–H groups in total. The van der Waals surface area contributed by atoms with E-state index in [1.54, 1.807) is 40.9 Å². The van der Waals surface area contributed by atoms with Gasteiger partial charge in [0.15, 0.2) is 6.61 Å². The van der Waals surface area contributed by atoms with Gasteiger partial charge in [-0.05, 0) is 24.3 Å². The molecule has 0 aromatic heterocycles. The molecule has 8 heteroatoms. The molecule has 130 valence electrons. The van der Waals surface area contributed by atoms with Crippen LogP contribution in [-0.4, -0.2) is 72.1 Å². The summed E-state index contributed by atoms with van der Waals surface area (Å²) in [6.07, 6.45) is 0. The van der Waals surface area contributed by atoms with Crippen molar-refractivity contribution in [1.29, 1.82) is 0 Å². The third kappa shape index (κ3) is 4.34. The second-order valence-electron chi connectivity index (χ2n) is 5.72. The van der Waals surface area contributed by atoms with Gasteiger partial charge in [0.2, 0.25) is 5.91 Å². The lowest BCUT2D eigenvalue weighted by Crippen LogP contribution is -2.55. The van der Waals surface area contributed by atoms with Gasteiger partial charge < -0.3 is 14.5 Å². The molecule has 0 bridgehead atoms. The van der Waals surface area contributed by atoms with Crippen LogP contribution in [0.4, 0.5) is 0 Å². The normalized spacial score (nSPS) is 21.0. The van der Waals surface area contributed by atoms with Crippen LogP contribution >= 0.6 is 23.4 Å². The minimum absolute atomic E-state index is 0.00357. The second-order valence-corrected chi connectivity index (χ2v) is 7.19. The Bertz CT molecular complexity index is 585. The first-order valence-electron chi connectivity index (χ1n) is 7.89. The van der Waals surface area contributed by atoms with Crippen LogP contribution in [0.5, 0.6) is 5.75 Å². The summed E-state index contributed by atoms with van der Waals surface area (Å²) in [7, 11) is 0. The van der Waals surface area contributed by atoms with Gasteiger partial charge in [0.1, 0.15) is 5.75 Å². The van der Waals surface area contributed by atoms with Gasteiger partial charge in [-0.1, -0.05) is 11.6 Å². The number of carbonyl (C=O) groups is 2. The van der Waals surface area contributed by atoms with Crippen molar-refractivity contribution in [2.45, 2.75) is 6.04 Å². The molecule has 2 aliphatic heterocycles. The van der Waals surface area contributed by atoms with Gasteiger partial charge in [-0.25, -0.2) is 0 Å². The highest BCUT2D eigenvalue weighted by molar-refractivity contribution is 7.99. The Balaban J connectivity index is 1.43. The fourth-order valence-corrected chi connectivity index (χ4v) is 3.78. The average Bonchev–Trinajstić information content (AvgIpc) is 3.15. The average molecular weight is 370 g/mol. The van der Waals surface area contributed by atoms with E-state index in [0.717, 1.165) is 11.6 Å². The molecule has 2 aliphatic rings. The van der Waals surface area contributed by atoms with E-state index < -0.39 is 0 Å². The SMILES string of the molecule is O=C(COc1ccc(Cl)cc1)N1CCN(C(=O)C2CSCN2)CC1. The molecule has 1 aromatic rings. The first-order valence-corrected chi connectivity index (χ1v) is 9.43. The van der Waals surface area contributed by atoms with E-state index in [-0.39, 0.29) is 24.5 Å². The molecule has 2 amide bonds. The molecule has 1 atom stereocenters. The number of nitrogens with zero attached hydrogens (tertiary/aromatic N) is 2. The van der Waals surface area contributed by atoms with Crippen LogP contribution in [0.25, 0.3) is 0 Å². The number of amides is 2. The number of halogens is 1. The van der Waals surface area contributed by atoms with Crippen molar-refractivity contribution in [2.75, 3.05) is 44.4 Å². The largest absolute Gasteiger partial charge is 0.484 e. The smallest absolute Gasteiger partial charge is 0.260 e. The molecule has 2 saturated heterocycles. The Kier molecular flexibility index (Phi) is 5.86. The molecular formula is C16H20ClN3O3S. The van der Waals surface area contributed by atoms with Crippen LogP contribution in [0, 0.1) is 0 Å². The number of rotatable bonds is 4. The Morgan fingerprint density at radius 1 is 1.17 bits per heavy atom. The quantitative estimate of drug-likeness (QED) is 0.859. The van der Waals surface area contributed by atoms with Crippen molar-refractivity contribution in [1.82, 2.24) is 15.1 Å². The van der Waals surface area contributed by atoms with Gasteiger partial charge in [-0.15, -0.1) is 11.8 Å². The molecule has 1 aromatic carbocycles. The summed E-state index contributed by atoms with van der Waals surface area (Å²) in [4.78, 5) is 28.1. The summed E-state index contributed by atoms with van der Waals surface area (Å²) in [5, 5.41) is 3.82. The van der Waals surface area contributed by atoms with Gasteiger partial charge in [-0.3, -0.25) is 14.9 Å². The molecule has 2 fully saturated rings. The molecule has 0 saturated carbocycles. The number of benzene rings is 1. The monoisotopic (exact) mass is 369 g/mol. The minimum Gasteiger partial charge on any atom is -0.484 e. The van der Waals surface area contributed by atoms with Crippen molar-refractivity contribution >= 4 is 35.2 Å². The molecule has 1 unspecified atom stereocenters. The van der Waals surface area contributed by atoms with E-state index in [0.29, 0.717) is 37.0 Å². The van der Waals surface area contributed by atoms with E-state index in [4.69, 9.17) is 16.3 Å². The van der Waals surface area contributed by atoms with E-state index in [9.17, 15) is 9.59 Å². The van der Waals surface area contributed by atoms with E-state index >= 15 is 0 Å². The Hall–Kier alpha value is -1.44. The van der Waals surface area contributed by atoms with Gasteiger partial charge >= 0.3 is 0 Å². The van der Waals surface area contributed by atoms with Gasteiger partial charge in [0.25, 0.3) is 5.91 Å². The van der Waals surface area contributed by atoms with Gasteiger partial charge in [-0.2, -0.15) is 0 Å². The lowest BCUT2D eigenvalue weighted by Gasteiger charge is -2.35. The topological polar surface area (TPSA) is 61.9 Å². The number of thioether (sulfide) groups is 1. The highest BCUT2D eigenvalue weighted by atomic mass is 35.5. The predicted octanol–water partition coefficient (Wildman–Crippen LogP) is 1.05. The van der Waals surface area contributed by atoms with Crippen molar-refractivity contribution < 1.29 is 14.3 Å². The number of carbonyl (C=O) groups excluding carboxylic acids is 2. The fraction of sp³-hybridized carbons (Fsp3) is 0.500. The maximum atomic E-state index is 12.3. The van der Waals surface area contributed by atoms with Crippen LogP contribution in [-0.2, 0) is 9.59 Å². The second kappa shape index (κ2) is 8.09. The zero-order valence-corrected chi connectivity index (χ0v) is 14.8. The Morgan fingerprint density at radius 3 is 2.46 bits per heavy atom. The third-order valence-electron chi connectivity index (χ3n) is 4.13. The number of nitrogens with one attached hydrogen (secondary N) is 1. The zero-order chi connectivity index (χ0) is 16.9. The number of ether oxygens (including phenoxy) is 1. The van der Waals surface area contributed by atoms with E-state index in [2.05, 4.69) is 5.32 Å². The van der Waals surface area contributed by atoms with Crippen molar-refractivity contribution in [3.05, 3.63) is 29.3 Å². The third-order valence-corrected chi connectivity index (χ3v) is 5.33. The Labute approximate surface area is 150 Å². The van der Waals surface area contributed by atoms with Crippen LogP contribution < -0.4 is 10.1 Å². The van der Waals surface area contributed by atoms with Gasteiger partial charge in [0, 0.05) is 42.8 Å². The standard InChI is InChI=1S/C16H20ClN3O3S/c17-12-1-3-13(4-2-12)23-9-15(21)19-5-7-20(8-6-19)16(22)14-10-24-11-18-14/h1-4,14,18H,5-11H2. The predicted molar refractivity (Wildman–Crippen MR) is 94.4 cm³/mol. The maximum Gasteiger partial charge on any atom is 0.260 e. The number of piperazine rings is 1. The Morgan fingerprint density at radius 2 is 1.83 bits per heavy atom. The zero-order valence-electron chi connectivity index (χ0n) is 13.2. The molecule has 0 aliphatic carbocycles. The summed E-state index contributed by atoms with van der Waals surface area (Å²) in [5.41, 5.74) is 0. The van der Waals surface area contributed by atoms with Crippen LogP contribution in [0.1, 0.15) is 0 Å². The summed E-state index contributed by atoms with van der Waals surface area (Å²) >= 11 is 7.55. The van der Waals surface area contributed by atoms with E-state index in [1.165, 1.54) is 0 Å². The van der Waals surface area contributed by atoms with Gasteiger partial charge in [0.05, 0.1) is 6.04 Å². The van der Waals surface area contributed by atoms with Crippen LogP contribution in [0.2, 0.25) is 5.02 Å². The molecular weight excluding hydrogens is 350 g/mol. The minimum atomic E-state index is -0.0783. The molecule has 2 heterocycles. The van der Waals surface area contributed by atoms with E-state index in [1.807, 2.05) is 4.90 Å². The summed E-state index contributed by atoms with van der Waals surface area (Å²) in [5.74, 6) is 2.35. The van der Waals surface area contributed by atoms with Crippen molar-refractivity contribution in [3.63, 3.8) is 0 Å². The first kappa shape index (κ1) is 17.4. The van der Waals surface area contributed by atoms with Crippen LogP contribution in [0.3, 0.4) is 0 Å². The molecule has 3 rings (SSSR count). The summed E-state index contributed by atoms with van der Waals surface area (Å²) < 4.78 is 5.49. The summed E-state index contributed by atoms with van der Waals surface area (Å²) in [6, 6.07) is 6.84. The summed E-state index contributed by atoms with van der Waals surface area (Å²) in [6.45, 7) is 2.25. The molecule has 0 radical (unpaired) electrons.